The van der Waals surface area contributed by atoms with Crippen LogP contribution in [-0.4, -0.2) is 32.7 Å². The van der Waals surface area contributed by atoms with Gasteiger partial charge in [0.25, 0.3) is 0 Å². The Labute approximate surface area is 179 Å². The SMILES string of the molecule is CNc1ncnc2c1ccn2C1CCC(CCc2ccc3cc(Cl)c(N)nc3c2)O1. The van der Waals surface area contributed by atoms with Crippen molar-refractivity contribution in [3.05, 3.63) is 53.4 Å². The molecule has 1 aliphatic rings. The standard InChI is InChI=1S/C22H23ClN6O/c1-25-21-16-8-9-29(22(16)27-12-26-21)19-7-6-15(30-19)5-3-13-2-4-14-11-17(23)20(24)28-18(14)10-13/h2,4,8-12,15,19H,3,5-7H2,1H3,(H2,24,28)(H,25,26,27). The third-order valence-electron chi connectivity index (χ3n) is 5.76. The van der Waals surface area contributed by atoms with Crippen LogP contribution in [0, 0.1) is 0 Å². The summed E-state index contributed by atoms with van der Waals surface area (Å²) in [5.74, 6) is 1.20. The summed E-state index contributed by atoms with van der Waals surface area (Å²) in [4.78, 5) is 13.1. The third kappa shape index (κ3) is 3.44. The fraction of sp³-hybridized carbons (Fsp3) is 0.318. The summed E-state index contributed by atoms with van der Waals surface area (Å²) >= 11 is 6.07. The lowest BCUT2D eigenvalue weighted by Crippen LogP contribution is -2.12. The summed E-state index contributed by atoms with van der Waals surface area (Å²) in [5, 5.41) is 5.61. The second-order valence-electron chi connectivity index (χ2n) is 7.64. The molecule has 154 valence electrons. The van der Waals surface area contributed by atoms with E-state index >= 15 is 0 Å². The van der Waals surface area contributed by atoms with Crippen LogP contribution >= 0.6 is 11.6 Å². The Hall–Kier alpha value is -2.90. The first kappa shape index (κ1) is 19.1. The summed E-state index contributed by atoms with van der Waals surface area (Å²) < 4.78 is 8.48. The maximum Gasteiger partial charge on any atom is 0.147 e. The third-order valence-corrected chi connectivity index (χ3v) is 6.06. The van der Waals surface area contributed by atoms with Crippen LogP contribution < -0.4 is 11.1 Å². The second kappa shape index (κ2) is 7.74. The smallest absolute Gasteiger partial charge is 0.147 e. The van der Waals surface area contributed by atoms with E-state index in [4.69, 9.17) is 22.1 Å². The number of halogens is 1. The Morgan fingerprint density at radius 3 is 3.00 bits per heavy atom. The number of nitrogens with zero attached hydrogens (tertiary/aromatic N) is 4. The van der Waals surface area contributed by atoms with Crippen molar-refractivity contribution < 1.29 is 4.74 Å². The van der Waals surface area contributed by atoms with Gasteiger partial charge in [-0.3, -0.25) is 0 Å². The van der Waals surface area contributed by atoms with E-state index in [1.165, 1.54) is 5.56 Å². The Morgan fingerprint density at radius 1 is 1.23 bits per heavy atom. The minimum Gasteiger partial charge on any atom is -0.382 e. The monoisotopic (exact) mass is 422 g/mol. The van der Waals surface area contributed by atoms with Gasteiger partial charge in [0, 0.05) is 18.6 Å². The summed E-state index contributed by atoms with van der Waals surface area (Å²) in [7, 11) is 1.87. The fourth-order valence-electron chi connectivity index (χ4n) is 4.19. The molecule has 1 aromatic carbocycles. The maximum atomic E-state index is 6.36. The summed E-state index contributed by atoms with van der Waals surface area (Å²) in [6.07, 6.45) is 7.74. The van der Waals surface area contributed by atoms with Gasteiger partial charge in [0.2, 0.25) is 0 Å². The molecule has 7 nitrogen and oxygen atoms in total. The topological polar surface area (TPSA) is 90.9 Å². The van der Waals surface area contributed by atoms with E-state index in [-0.39, 0.29) is 12.3 Å². The van der Waals surface area contributed by atoms with E-state index in [0.717, 1.165) is 53.4 Å². The molecule has 1 saturated heterocycles. The lowest BCUT2D eigenvalue weighted by atomic mass is 10.0. The number of hydrogen-bond acceptors (Lipinski definition) is 6. The normalized spacial score (nSPS) is 19.0. The van der Waals surface area contributed by atoms with Crippen LogP contribution in [0.5, 0.6) is 0 Å². The zero-order chi connectivity index (χ0) is 20.7. The van der Waals surface area contributed by atoms with Gasteiger partial charge in [-0.25, -0.2) is 15.0 Å². The van der Waals surface area contributed by atoms with Gasteiger partial charge < -0.3 is 20.4 Å². The Bertz CT molecular complexity index is 1220. The van der Waals surface area contributed by atoms with Gasteiger partial charge in [-0.05, 0) is 49.4 Å². The number of rotatable bonds is 5. The van der Waals surface area contributed by atoms with Crippen LogP contribution in [0.1, 0.15) is 31.1 Å². The molecular formula is C22H23ClN6O. The van der Waals surface area contributed by atoms with E-state index < -0.39 is 0 Å². The number of hydrogen-bond donors (Lipinski definition) is 2. The number of nitrogens with two attached hydrogens (primary N) is 1. The number of ether oxygens (including phenoxy) is 1. The number of nitrogen functional groups attached to an aromatic ring is 1. The molecule has 3 N–H and O–H groups in total. The number of aryl methyl sites for hydroxylation is 1. The molecule has 0 amide bonds. The molecule has 5 rings (SSSR count). The van der Waals surface area contributed by atoms with Gasteiger partial charge in [0.1, 0.15) is 29.8 Å². The van der Waals surface area contributed by atoms with Crippen molar-refractivity contribution in [2.24, 2.45) is 0 Å². The van der Waals surface area contributed by atoms with Gasteiger partial charge >= 0.3 is 0 Å². The molecule has 30 heavy (non-hydrogen) atoms. The second-order valence-corrected chi connectivity index (χ2v) is 8.05. The molecule has 0 bridgehead atoms. The summed E-state index contributed by atoms with van der Waals surface area (Å²) in [5.41, 5.74) is 8.85. The highest BCUT2D eigenvalue weighted by Gasteiger charge is 2.27. The van der Waals surface area contributed by atoms with Crippen LogP contribution in [0.15, 0.2) is 42.9 Å². The molecule has 3 aromatic heterocycles. The summed E-state index contributed by atoms with van der Waals surface area (Å²) in [6, 6.07) is 10.2. The highest BCUT2D eigenvalue weighted by Crippen LogP contribution is 2.34. The molecule has 0 aliphatic carbocycles. The van der Waals surface area contributed by atoms with E-state index in [0.29, 0.717) is 10.8 Å². The van der Waals surface area contributed by atoms with E-state index in [9.17, 15) is 0 Å². The number of aromatic nitrogens is 4. The number of fused-ring (bicyclic) bond motifs is 2. The molecule has 0 radical (unpaired) electrons. The average molecular weight is 423 g/mol. The zero-order valence-corrected chi connectivity index (χ0v) is 17.4. The molecular weight excluding hydrogens is 400 g/mol. The molecule has 4 heterocycles. The van der Waals surface area contributed by atoms with Crippen LogP contribution in [0.25, 0.3) is 21.9 Å². The van der Waals surface area contributed by atoms with Gasteiger partial charge in [-0.15, -0.1) is 0 Å². The van der Waals surface area contributed by atoms with Crippen molar-refractivity contribution in [1.29, 1.82) is 0 Å². The van der Waals surface area contributed by atoms with E-state index in [2.05, 4.69) is 37.0 Å². The average Bonchev–Trinajstić information content (AvgIpc) is 3.39. The van der Waals surface area contributed by atoms with Crippen molar-refractivity contribution in [2.45, 2.75) is 38.0 Å². The highest BCUT2D eigenvalue weighted by molar-refractivity contribution is 6.33. The lowest BCUT2D eigenvalue weighted by Gasteiger charge is -2.16. The minimum atomic E-state index is 0.00677. The van der Waals surface area contributed by atoms with Crippen molar-refractivity contribution in [3.8, 4) is 0 Å². The molecule has 1 aliphatic heterocycles. The first-order valence-electron chi connectivity index (χ1n) is 10.1. The van der Waals surface area contributed by atoms with Crippen LogP contribution in [-0.2, 0) is 11.2 Å². The zero-order valence-electron chi connectivity index (χ0n) is 16.7. The lowest BCUT2D eigenvalue weighted by molar-refractivity contribution is 0.00120. The maximum absolute atomic E-state index is 6.36. The van der Waals surface area contributed by atoms with E-state index in [1.54, 1.807) is 6.33 Å². The largest absolute Gasteiger partial charge is 0.382 e. The fourth-order valence-corrected chi connectivity index (χ4v) is 4.35. The predicted molar refractivity (Wildman–Crippen MR) is 120 cm³/mol. The van der Waals surface area contributed by atoms with Gasteiger partial charge in [-0.2, -0.15) is 0 Å². The summed E-state index contributed by atoms with van der Waals surface area (Å²) in [6.45, 7) is 0. The molecule has 0 saturated carbocycles. The Kier molecular flexibility index (Phi) is 4.92. The van der Waals surface area contributed by atoms with Crippen molar-refractivity contribution in [2.75, 3.05) is 18.1 Å². The Balaban J connectivity index is 1.27. The molecule has 1 fully saturated rings. The number of anilines is 2. The van der Waals surface area contributed by atoms with Gasteiger partial charge in [0.15, 0.2) is 0 Å². The Morgan fingerprint density at radius 2 is 2.13 bits per heavy atom. The van der Waals surface area contributed by atoms with Crippen molar-refractivity contribution in [1.82, 2.24) is 19.5 Å². The van der Waals surface area contributed by atoms with Crippen LogP contribution in [0.4, 0.5) is 11.6 Å². The van der Waals surface area contributed by atoms with Gasteiger partial charge in [-0.1, -0.05) is 23.7 Å². The first-order chi connectivity index (χ1) is 14.6. The predicted octanol–water partition coefficient (Wildman–Crippen LogP) is 4.57. The molecule has 2 atom stereocenters. The molecule has 2 unspecified atom stereocenters. The first-order valence-corrected chi connectivity index (χ1v) is 10.5. The van der Waals surface area contributed by atoms with Crippen LogP contribution in [0.2, 0.25) is 5.02 Å². The van der Waals surface area contributed by atoms with Gasteiger partial charge in [0.05, 0.1) is 22.0 Å². The number of pyridine rings is 1. The van der Waals surface area contributed by atoms with E-state index in [1.807, 2.05) is 31.4 Å². The molecule has 8 heteroatoms. The number of benzene rings is 1. The highest BCUT2D eigenvalue weighted by atomic mass is 35.5. The quantitative estimate of drug-likeness (QED) is 0.489. The minimum absolute atomic E-state index is 0.00677. The molecule has 4 aromatic rings. The number of nitrogens with one attached hydrogen (secondary N) is 1. The van der Waals surface area contributed by atoms with Crippen molar-refractivity contribution in [3.63, 3.8) is 0 Å². The molecule has 0 spiro atoms. The van der Waals surface area contributed by atoms with Crippen LogP contribution in [0.3, 0.4) is 0 Å². The van der Waals surface area contributed by atoms with Crippen molar-refractivity contribution >= 4 is 45.2 Å².